The average molecular weight is 522 g/mol. The molecule has 0 spiro atoms. The Labute approximate surface area is 217 Å². The number of aromatic nitrogens is 1. The van der Waals surface area contributed by atoms with Gasteiger partial charge in [0, 0.05) is 23.5 Å². The molecule has 6 rings (SSSR count). The summed E-state index contributed by atoms with van der Waals surface area (Å²) in [6, 6.07) is 22.2. The van der Waals surface area contributed by atoms with Crippen LogP contribution in [0.4, 0.5) is 5.00 Å². The van der Waals surface area contributed by atoms with Crippen molar-refractivity contribution in [3.63, 3.8) is 0 Å². The number of rotatable bonds is 5. The number of anilines is 1. The van der Waals surface area contributed by atoms with E-state index in [4.69, 9.17) is 9.72 Å². The number of thiazole rings is 1. The number of nitrogens with zero attached hydrogens (tertiary/aromatic N) is 2. The van der Waals surface area contributed by atoms with Crippen LogP contribution in [0.15, 0.2) is 66.7 Å². The Morgan fingerprint density at radius 2 is 1.86 bits per heavy atom. The number of thiophene rings is 1. The minimum atomic E-state index is -0.164. The monoisotopic (exact) mass is 521 g/mol. The number of carbonyl (C=O) groups excluding carboxylic acids is 1. The van der Waals surface area contributed by atoms with Crippen LogP contribution >= 0.6 is 35.1 Å². The first kappa shape index (κ1) is 23.8. The van der Waals surface area contributed by atoms with Gasteiger partial charge in [-0.3, -0.25) is 4.79 Å². The minimum Gasteiger partial charge on any atom is -0.484 e. The number of benzene rings is 3. The van der Waals surface area contributed by atoms with E-state index in [1.807, 2.05) is 54.6 Å². The standard InChI is InChI=1S/C27H23N3O2S2.ClH/c1-30-13-12-20-23(15-30)34-27(25(20)26-28-21-8-4-5-9-22(21)33-26)29-24(31)16-32-19-11-10-17-6-2-3-7-18(17)14-19;/h2-11,14H,12-13,15-16H2,1H3,(H,29,31);1H. The number of hydrogen-bond donors (Lipinski definition) is 1. The number of halogens is 1. The highest BCUT2D eigenvalue weighted by Crippen LogP contribution is 2.45. The topological polar surface area (TPSA) is 54.5 Å². The molecule has 2 aromatic heterocycles. The lowest BCUT2D eigenvalue weighted by Gasteiger charge is -2.22. The molecular formula is C27H24ClN3O2S2. The molecule has 178 valence electrons. The molecule has 1 amide bonds. The van der Waals surface area contributed by atoms with Crippen molar-refractivity contribution >= 4 is 67.0 Å². The molecule has 0 saturated carbocycles. The van der Waals surface area contributed by atoms with Crippen LogP contribution in [-0.4, -0.2) is 36.0 Å². The van der Waals surface area contributed by atoms with E-state index < -0.39 is 0 Å². The summed E-state index contributed by atoms with van der Waals surface area (Å²) in [5.41, 5.74) is 3.38. The van der Waals surface area contributed by atoms with Gasteiger partial charge < -0.3 is 15.0 Å². The van der Waals surface area contributed by atoms with Gasteiger partial charge in [-0.05, 0) is 54.1 Å². The van der Waals surface area contributed by atoms with Crippen LogP contribution in [0.2, 0.25) is 0 Å². The highest BCUT2D eigenvalue weighted by atomic mass is 35.5. The molecule has 0 radical (unpaired) electrons. The van der Waals surface area contributed by atoms with Crippen LogP contribution in [0.3, 0.4) is 0 Å². The number of para-hydroxylation sites is 1. The van der Waals surface area contributed by atoms with Crippen LogP contribution in [0.25, 0.3) is 31.6 Å². The maximum absolute atomic E-state index is 12.9. The fourth-order valence-corrected chi connectivity index (χ4v) is 6.85. The van der Waals surface area contributed by atoms with Crippen LogP contribution in [-0.2, 0) is 17.8 Å². The molecule has 8 heteroatoms. The van der Waals surface area contributed by atoms with Gasteiger partial charge in [0.1, 0.15) is 15.8 Å². The van der Waals surface area contributed by atoms with Crippen molar-refractivity contribution in [2.45, 2.75) is 13.0 Å². The number of likely N-dealkylation sites (N-methyl/N-ethyl adjacent to an activating group) is 1. The zero-order valence-corrected chi connectivity index (χ0v) is 21.6. The number of nitrogens with one attached hydrogen (secondary N) is 1. The molecule has 1 aliphatic rings. The molecule has 35 heavy (non-hydrogen) atoms. The molecule has 1 N–H and O–H groups in total. The van der Waals surface area contributed by atoms with E-state index in [9.17, 15) is 4.79 Å². The fraction of sp³-hybridized carbons (Fsp3) is 0.185. The minimum absolute atomic E-state index is 0. The van der Waals surface area contributed by atoms with Gasteiger partial charge in [0.05, 0.1) is 10.2 Å². The first-order chi connectivity index (χ1) is 16.6. The molecule has 0 aliphatic carbocycles. The van der Waals surface area contributed by atoms with Crippen LogP contribution in [0, 0.1) is 0 Å². The van der Waals surface area contributed by atoms with Gasteiger partial charge in [0.25, 0.3) is 5.91 Å². The van der Waals surface area contributed by atoms with Crippen molar-refractivity contribution in [1.29, 1.82) is 0 Å². The largest absolute Gasteiger partial charge is 0.484 e. The summed E-state index contributed by atoms with van der Waals surface area (Å²) in [6.07, 6.45) is 0.955. The smallest absolute Gasteiger partial charge is 0.262 e. The van der Waals surface area contributed by atoms with E-state index in [0.29, 0.717) is 5.75 Å². The molecule has 0 atom stereocenters. The second kappa shape index (κ2) is 9.95. The molecule has 0 unspecified atom stereocenters. The molecule has 1 aliphatic heterocycles. The summed E-state index contributed by atoms with van der Waals surface area (Å²) < 4.78 is 6.99. The molecule has 0 saturated heterocycles. The van der Waals surface area contributed by atoms with Crippen LogP contribution in [0.1, 0.15) is 10.4 Å². The second-order valence-electron chi connectivity index (χ2n) is 8.53. The van der Waals surface area contributed by atoms with E-state index >= 15 is 0 Å². The lowest BCUT2D eigenvalue weighted by atomic mass is 10.0. The van der Waals surface area contributed by atoms with Crippen molar-refractivity contribution in [3.05, 3.63) is 77.2 Å². The molecule has 5 aromatic rings. The molecule has 5 nitrogen and oxygen atoms in total. The van der Waals surface area contributed by atoms with E-state index in [1.54, 1.807) is 22.7 Å². The highest BCUT2D eigenvalue weighted by Gasteiger charge is 2.26. The molecule has 3 heterocycles. The van der Waals surface area contributed by atoms with Crippen molar-refractivity contribution in [1.82, 2.24) is 9.88 Å². The average Bonchev–Trinajstić information content (AvgIpc) is 3.42. The van der Waals surface area contributed by atoms with Gasteiger partial charge in [0.15, 0.2) is 6.61 Å². The Kier molecular flexibility index (Phi) is 6.75. The summed E-state index contributed by atoms with van der Waals surface area (Å²) in [5.74, 6) is 0.523. The van der Waals surface area contributed by atoms with Crippen molar-refractivity contribution in [2.24, 2.45) is 0 Å². The van der Waals surface area contributed by atoms with Crippen molar-refractivity contribution in [3.8, 4) is 16.3 Å². The molecular weight excluding hydrogens is 498 g/mol. The van der Waals surface area contributed by atoms with Gasteiger partial charge in [-0.2, -0.15) is 0 Å². The number of carbonyl (C=O) groups is 1. The third-order valence-corrected chi connectivity index (χ3v) is 8.29. The number of fused-ring (bicyclic) bond motifs is 3. The zero-order valence-electron chi connectivity index (χ0n) is 19.1. The summed E-state index contributed by atoms with van der Waals surface area (Å²) in [6.45, 7) is 1.85. The summed E-state index contributed by atoms with van der Waals surface area (Å²) >= 11 is 3.34. The van der Waals surface area contributed by atoms with E-state index in [2.05, 4.69) is 29.4 Å². The van der Waals surface area contributed by atoms with Crippen LogP contribution < -0.4 is 10.1 Å². The lowest BCUT2D eigenvalue weighted by Crippen LogP contribution is -2.25. The maximum atomic E-state index is 12.9. The number of ether oxygens (including phenoxy) is 1. The van der Waals surface area contributed by atoms with Gasteiger partial charge in [0.2, 0.25) is 0 Å². The Morgan fingerprint density at radius 1 is 1.06 bits per heavy atom. The van der Waals surface area contributed by atoms with Gasteiger partial charge in [-0.1, -0.05) is 42.5 Å². The van der Waals surface area contributed by atoms with Gasteiger partial charge in [-0.15, -0.1) is 35.1 Å². The fourth-order valence-electron chi connectivity index (χ4n) is 4.39. The van der Waals surface area contributed by atoms with Gasteiger partial charge >= 0.3 is 0 Å². The van der Waals surface area contributed by atoms with E-state index in [-0.39, 0.29) is 24.9 Å². The Morgan fingerprint density at radius 3 is 2.71 bits per heavy atom. The quantitative estimate of drug-likeness (QED) is 0.283. The second-order valence-corrected chi connectivity index (χ2v) is 10.7. The van der Waals surface area contributed by atoms with E-state index in [1.165, 1.54) is 10.4 Å². The Hall–Kier alpha value is -2.97. The highest BCUT2D eigenvalue weighted by molar-refractivity contribution is 7.22. The lowest BCUT2D eigenvalue weighted by molar-refractivity contribution is -0.118. The summed E-state index contributed by atoms with van der Waals surface area (Å²) in [4.78, 5) is 21.4. The molecule has 3 aromatic carbocycles. The Balaban J connectivity index is 0.00000253. The predicted molar refractivity (Wildman–Crippen MR) is 148 cm³/mol. The summed E-state index contributed by atoms with van der Waals surface area (Å²) in [7, 11) is 2.13. The van der Waals surface area contributed by atoms with Crippen LogP contribution in [0.5, 0.6) is 5.75 Å². The zero-order chi connectivity index (χ0) is 23.1. The predicted octanol–water partition coefficient (Wildman–Crippen LogP) is 6.61. The van der Waals surface area contributed by atoms with E-state index in [0.717, 1.165) is 56.1 Å². The molecule has 0 bridgehead atoms. The maximum Gasteiger partial charge on any atom is 0.262 e. The van der Waals surface area contributed by atoms with Crippen molar-refractivity contribution in [2.75, 3.05) is 25.5 Å². The first-order valence-corrected chi connectivity index (χ1v) is 12.9. The summed E-state index contributed by atoms with van der Waals surface area (Å²) in [5, 5.41) is 7.21. The number of amides is 1. The normalized spacial score (nSPS) is 13.4. The first-order valence-electron chi connectivity index (χ1n) is 11.2. The molecule has 0 fully saturated rings. The third kappa shape index (κ3) is 4.77. The van der Waals surface area contributed by atoms with Crippen molar-refractivity contribution < 1.29 is 9.53 Å². The number of hydrogen-bond acceptors (Lipinski definition) is 6. The third-order valence-electron chi connectivity index (χ3n) is 6.10. The SMILES string of the molecule is CN1CCc2c(sc(NC(=O)COc3ccc4ccccc4c3)c2-c2nc3ccccc3s2)C1.Cl. The van der Waals surface area contributed by atoms with Gasteiger partial charge in [-0.25, -0.2) is 4.98 Å². The Bertz CT molecular complexity index is 1490.